The Morgan fingerprint density at radius 1 is 1.14 bits per heavy atom. The van der Waals surface area contributed by atoms with E-state index in [9.17, 15) is 4.79 Å². The molecule has 1 amide bonds. The molecule has 0 atom stereocenters. The number of carbonyl (C=O) groups excluding carboxylic acids is 1. The van der Waals surface area contributed by atoms with Crippen molar-refractivity contribution in [2.24, 2.45) is 5.73 Å². The van der Waals surface area contributed by atoms with E-state index in [-0.39, 0.29) is 11.3 Å². The number of primary amides is 1. The molecule has 0 unspecified atom stereocenters. The number of amides is 1. The average Bonchev–Trinajstić information content (AvgIpc) is 2.48. The molecule has 5 nitrogen and oxygen atoms in total. The summed E-state index contributed by atoms with van der Waals surface area (Å²) < 4.78 is 10.7. The van der Waals surface area contributed by atoms with Gasteiger partial charge < -0.3 is 20.9 Å². The Balaban J connectivity index is 2.15. The summed E-state index contributed by atoms with van der Waals surface area (Å²) in [5, 5.41) is 0. The summed E-state index contributed by atoms with van der Waals surface area (Å²) in [6.07, 6.45) is 0.843. The highest BCUT2D eigenvalue weighted by molar-refractivity contribution is 5.99. The zero-order valence-electron chi connectivity index (χ0n) is 11.8. The second kappa shape index (κ2) is 6.76. The van der Waals surface area contributed by atoms with Crippen LogP contribution in [0.3, 0.4) is 0 Å². The predicted molar refractivity (Wildman–Crippen MR) is 81.5 cm³/mol. The van der Waals surface area contributed by atoms with Crippen LogP contribution in [0.25, 0.3) is 0 Å². The highest BCUT2D eigenvalue weighted by Crippen LogP contribution is 2.29. The number of hydrogen-bond donors (Lipinski definition) is 2. The summed E-state index contributed by atoms with van der Waals surface area (Å²) in [4.78, 5) is 11.2. The topological polar surface area (TPSA) is 87.6 Å². The lowest BCUT2D eigenvalue weighted by Gasteiger charge is -2.11. The third kappa shape index (κ3) is 3.73. The Kier molecular flexibility index (Phi) is 4.79. The van der Waals surface area contributed by atoms with Crippen molar-refractivity contribution in [2.75, 3.05) is 19.5 Å². The molecule has 0 aliphatic heterocycles. The molecule has 2 rings (SSSR count). The number of para-hydroxylation sites is 1. The average molecular weight is 286 g/mol. The molecule has 2 aromatic rings. The van der Waals surface area contributed by atoms with E-state index in [1.54, 1.807) is 25.3 Å². The number of benzene rings is 2. The molecule has 0 saturated carbocycles. The van der Waals surface area contributed by atoms with Gasteiger partial charge in [-0.1, -0.05) is 18.2 Å². The molecule has 0 saturated heterocycles. The molecular weight excluding hydrogens is 268 g/mol. The maximum Gasteiger partial charge on any atom is 0.250 e. The third-order valence-corrected chi connectivity index (χ3v) is 3.08. The molecule has 21 heavy (non-hydrogen) atoms. The van der Waals surface area contributed by atoms with Crippen molar-refractivity contribution >= 4 is 11.6 Å². The van der Waals surface area contributed by atoms with E-state index in [1.165, 1.54) is 0 Å². The van der Waals surface area contributed by atoms with Gasteiger partial charge in [0.1, 0.15) is 5.75 Å². The molecule has 2 aromatic carbocycles. The summed E-state index contributed by atoms with van der Waals surface area (Å²) in [6, 6.07) is 12.6. The number of nitrogens with two attached hydrogens (primary N) is 2. The van der Waals surface area contributed by atoms with E-state index in [1.807, 2.05) is 24.3 Å². The van der Waals surface area contributed by atoms with Crippen molar-refractivity contribution in [1.82, 2.24) is 0 Å². The fourth-order valence-electron chi connectivity index (χ4n) is 1.92. The highest BCUT2D eigenvalue weighted by Gasteiger charge is 2.11. The van der Waals surface area contributed by atoms with E-state index in [0.717, 1.165) is 12.0 Å². The molecule has 0 spiro atoms. The molecule has 0 fully saturated rings. The van der Waals surface area contributed by atoms with Crippen molar-refractivity contribution in [3.05, 3.63) is 53.6 Å². The van der Waals surface area contributed by atoms with Gasteiger partial charge in [-0.2, -0.15) is 0 Å². The number of methoxy groups -OCH3 is 1. The minimum atomic E-state index is -0.576. The van der Waals surface area contributed by atoms with Gasteiger partial charge in [-0.3, -0.25) is 4.79 Å². The SMILES string of the molecule is COCCc1ccc(Oc2cccc(C(N)=O)c2N)cc1. The monoisotopic (exact) mass is 286 g/mol. The summed E-state index contributed by atoms with van der Waals surface area (Å²) in [6.45, 7) is 0.674. The standard InChI is InChI=1S/C16H18N2O3/c1-20-10-9-11-5-7-12(8-6-11)21-14-4-2-3-13(15(14)17)16(18)19/h2-8H,9-10,17H2,1H3,(H2,18,19). The number of carbonyl (C=O) groups is 1. The molecule has 0 heterocycles. The molecule has 110 valence electrons. The number of anilines is 1. The van der Waals surface area contributed by atoms with Crippen LogP contribution in [0.1, 0.15) is 15.9 Å². The fourth-order valence-corrected chi connectivity index (χ4v) is 1.92. The van der Waals surface area contributed by atoms with Gasteiger partial charge in [0.05, 0.1) is 17.9 Å². The highest BCUT2D eigenvalue weighted by atomic mass is 16.5. The molecule has 4 N–H and O–H groups in total. The Hall–Kier alpha value is -2.53. The first-order chi connectivity index (χ1) is 10.1. The minimum Gasteiger partial charge on any atom is -0.455 e. The van der Waals surface area contributed by atoms with E-state index in [0.29, 0.717) is 18.1 Å². The van der Waals surface area contributed by atoms with Crippen LogP contribution in [0.2, 0.25) is 0 Å². The van der Waals surface area contributed by atoms with Crippen LogP contribution in [-0.2, 0) is 11.2 Å². The Bertz CT molecular complexity index is 624. The Morgan fingerprint density at radius 3 is 2.48 bits per heavy atom. The summed E-state index contributed by atoms with van der Waals surface area (Å²) in [7, 11) is 1.67. The first-order valence-electron chi connectivity index (χ1n) is 6.56. The molecule has 0 aliphatic rings. The van der Waals surface area contributed by atoms with Gasteiger partial charge in [-0.15, -0.1) is 0 Å². The largest absolute Gasteiger partial charge is 0.455 e. The maximum atomic E-state index is 11.2. The Morgan fingerprint density at radius 2 is 1.86 bits per heavy atom. The van der Waals surface area contributed by atoms with Gasteiger partial charge in [0.25, 0.3) is 5.91 Å². The summed E-state index contributed by atoms with van der Waals surface area (Å²) in [5.74, 6) is 0.480. The van der Waals surface area contributed by atoms with Crippen LogP contribution in [0, 0.1) is 0 Å². The van der Waals surface area contributed by atoms with E-state index in [4.69, 9.17) is 20.9 Å². The second-order valence-electron chi connectivity index (χ2n) is 4.57. The smallest absolute Gasteiger partial charge is 0.250 e. The number of hydrogen-bond acceptors (Lipinski definition) is 4. The van der Waals surface area contributed by atoms with Gasteiger partial charge in [-0.25, -0.2) is 0 Å². The van der Waals surface area contributed by atoms with Gasteiger partial charge in [0.2, 0.25) is 0 Å². The van der Waals surface area contributed by atoms with Crippen LogP contribution in [-0.4, -0.2) is 19.6 Å². The maximum absolute atomic E-state index is 11.2. The number of nitrogen functional groups attached to an aromatic ring is 1. The van der Waals surface area contributed by atoms with Crippen LogP contribution < -0.4 is 16.2 Å². The first kappa shape index (κ1) is 14.9. The minimum absolute atomic E-state index is 0.244. The normalized spacial score (nSPS) is 10.3. The van der Waals surface area contributed by atoms with Crippen molar-refractivity contribution < 1.29 is 14.3 Å². The fraction of sp³-hybridized carbons (Fsp3) is 0.188. The zero-order chi connectivity index (χ0) is 15.2. The molecule has 5 heteroatoms. The third-order valence-electron chi connectivity index (χ3n) is 3.08. The molecule has 0 aromatic heterocycles. The lowest BCUT2D eigenvalue weighted by molar-refractivity contribution is 0.100. The van der Waals surface area contributed by atoms with Crippen LogP contribution in [0.4, 0.5) is 5.69 Å². The zero-order valence-corrected chi connectivity index (χ0v) is 11.8. The van der Waals surface area contributed by atoms with Gasteiger partial charge in [0.15, 0.2) is 5.75 Å². The molecule has 0 radical (unpaired) electrons. The van der Waals surface area contributed by atoms with Gasteiger partial charge in [0, 0.05) is 7.11 Å². The van der Waals surface area contributed by atoms with Crippen molar-refractivity contribution in [3.63, 3.8) is 0 Å². The first-order valence-corrected chi connectivity index (χ1v) is 6.56. The second-order valence-corrected chi connectivity index (χ2v) is 4.57. The number of rotatable bonds is 6. The van der Waals surface area contributed by atoms with Crippen LogP contribution in [0.5, 0.6) is 11.5 Å². The lowest BCUT2D eigenvalue weighted by Crippen LogP contribution is -2.13. The van der Waals surface area contributed by atoms with Gasteiger partial charge in [-0.05, 0) is 36.2 Å². The lowest BCUT2D eigenvalue weighted by atomic mass is 10.1. The van der Waals surface area contributed by atoms with E-state index >= 15 is 0 Å². The predicted octanol–water partition coefficient (Wildman–Crippen LogP) is 2.35. The molecular formula is C16H18N2O3. The van der Waals surface area contributed by atoms with E-state index in [2.05, 4.69) is 0 Å². The Labute approximate surface area is 123 Å². The molecule has 0 bridgehead atoms. The number of ether oxygens (including phenoxy) is 2. The van der Waals surface area contributed by atoms with Crippen LogP contribution >= 0.6 is 0 Å². The van der Waals surface area contributed by atoms with E-state index < -0.39 is 5.91 Å². The van der Waals surface area contributed by atoms with Gasteiger partial charge >= 0.3 is 0 Å². The molecule has 0 aliphatic carbocycles. The summed E-state index contributed by atoms with van der Waals surface area (Å²) >= 11 is 0. The summed E-state index contributed by atoms with van der Waals surface area (Å²) in [5.41, 5.74) is 12.8. The quantitative estimate of drug-likeness (QED) is 0.798. The van der Waals surface area contributed by atoms with Crippen molar-refractivity contribution in [3.8, 4) is 11.5 Å². The van der Waals surface area contributed by atoms with Crippen LogP contribution in [0.15, 0.2) is 42.5 Å². The van der Waals surface area contributed by atoms with Crippen molar-refractivity contribution in [2.45, 2.75) is 6.42 Å². The van der Waals surface area contributed by atoms with Crippen molar-refractivity contribution in [1.29, 1.82) is 0 Å².